The summed E-state index contributed by atoms with van der Waals surface area (Å²) < 4.78 is 5.43. The number of rotatable bonds is 5. The summed E-state index contributed by atoms with van der Waals surface area (Å²) in [6, 6.07) is 0. The predicted molar refractivity (Wildman–Crippen MR) is 118 cm³/mol. The molecule has 4 aliphatic rings. The smallest absolute Gasteiger partial charge is 0.0464 e. The van der Waals surface area contributed by atoms with Crippen LogP contribution in [0, 0.1) is 46.3 Å². The Labute approximate surface area is 174 Å². The van der Waals surface area contributed by atoms with Crippen molar-refractivity contribution in [2.45, 2.75) is 104 Å². The van der Waals surface area contributed by atoms with Crippen LogP contribution >= 0.6 is 0 Å². The first kappa shape index (κ1) is 21.2. The number of fused-ring (bicyclic) bond motifs is 5. The Kier molecular flexibility index (Phi) is 5.71. The second-order valence-corrected chi connectivity index (χ2v) is 11.9. The third kappa shape index (κ3) is 2.87. The van der Waals surface area contributed by atoms with Gasteiger partial charge in [0.1, 0.15) is 0 Å². The molecule has 0 spiro atoms. The number of hydrogen-bond acceptors (Lipinski definition) is 2. The quantitative estimate of drug-likeness (QED) is 0.588. The molecule has 0 saturated heterocycles. The first-order chi connectivity index (χ1) is 13.3. The zero-order valence-corrected chi connectivity index (χ0v) is 19.4. The summed E-state index contributed by atoms with van der Waals surface area (Å²) in [5.41, 5.74) is 8.40. The zero-order chi connectivity index (χ0) is 20.2. The van der Waals surface area contributed by atoms with Crippen LogP contribution in [-0.4, -0.2) is 19.3 Å². The molecule has 0 aromatic heterocycles. The topological polar surface area (TPSA) is 35.2 Å². The molecular formula is C26H47NO. The standard InChI is InChI=1S/C26H47NO/c1-6-19-17-20-22-10-9-21(18(2)12-16-28-5)24(22,3)15-11-23(20)25(4)13-7-8-14-26(19,25)27/h18-23H,6-17,27H2,1-5H3/t18?,19-,20?,21?,22?,23-,24?,25?,26?/m0/s1. The van der Waals surface area contributed by atoms with E-state index in [9.17, 15) is 0 Å². The van der Waals surface area contributed by atoms with E-state index in [2.05, 4.69) is 27.7 Å². The van der Waals surface area contributed by atoms with Crippen molar-refractivity contribution in [3.05, 3.63) is 0 Å². The third-order valence-corrected chi connectivity index (χ3v) is 11.2. The van der Waals surface area contributed by atoms with Crippen molar-refractivity contribution >= 4 is 0 Å². The fraction of sp³-hybridized carbons (Fsp3) is 1.00. The molecule has 0 aromatic rings. The maximum Gasteiger partial charge on any atom is 0.0464 e. The molecular weight excluding hydrogens is 342 g/mol. The highest BCUT2D eigenvalue weighted by molar-refractivity contribution is 5.17. The van der Waals surface area contributed by atoms with Gasteiger partial charge in [-0.1, -0.05) is 47.0 Å². The molecule has 7 unspecified atom stereocenters. The zero-order valence-electron chi connectivity index (χ0n) is 19.4. The van der Waals surface area contributed by atoms with Crippen molar-refractivity contribution in [2.24, 2.45) is 52.1 Å². The highest BCUT2D eigenvalue weighted by Crippen LogP contribution is 2.70. The van der Waals surface area contributed by atoms with E-state index in [1.807, 2.05) is 7.11 Å². The summed E-state index contributed by atoms with van der Waals surface area (Å²) in [5, 5.41) is 0. The van der Waals surface area contributed by atoms with Gasteiger partial charge in [0.05, 0.1) is 0 Å². The first-order valence-electron chi connectivity index (χ1n) is 12.6. The Hall–Kier alpha value is -0.0800. The fourth-order valence-electron chi connectivity index (χ4n) is 9.59. The van der Waals surface area contributed by atoms with E-state index in [-0.39, 0.29) is 5.54 Å². The van der Waals surface area contributed by atoms with Gasteiger partial charge in [0.15, 0.2) is 0 Å². The van der Waals surface area contributed by atoms with Crippen molar-refractivity contribution in [1.29, 1.82) is 0 Å². The van der Waals surface area contributed by atoms with Crippen LogP contribution in [0.5, 0.6) is 0 Å². The molecule has 4 fully saturated rings. The second kappa shape index (κ2) is 7.56. The summed E-state index contributed by atoms with van der Waals surface area (Å²) in [4.78, 5) is 0. The fourth-order valence-corrected chi connectivity index (χ4v) is 9.59. The normalized spacial score (nSPS) is 51.9. The Morgan fingerprint density at radius 2 is 1.79 bits per heavy atom. The number of hydrogen-bond donors (Lipinski definition) is 1. The summed E-state index contributed by atoms with van der Waals surface area (Å²) in [6.07, 6.45) is 15.2. The van der Waals surface area contributed by atoms with Crippen molar-refractivity contribution in [1.82, 2.24) is 0 Å². The Balaban J connectivity index is 1.62. The van der Waals surface area contributed by atoms with Gasteiger partial charge in [0.2, 0.25) is 0 Å². The maximum atomic E-state index is 7.35. The Morgan fingerprint density at radius 1 is 1.04 bits per heavy atom. The van der Waals surface area contributed by atoms with Gasteiger partial charge in [-0.25, -0.2) is 0 Å². The van der Waals surface area contributed by atoms with E-state index in [1.165, 1.54) is 70.6 Å². The van der Waals surface area contributed by atoms with Crippen LogP contribution in [0.25, 0.3) is 0 Å². The van der Waals surface area contributed by atoms with Crippen molar-refractivity contribution in [2.75, 3.05) is 13.7 Å². The summed E-state index contributed by atoms with van der Waals surface area (Å²) >= 11 is 0. The summed E-state index contributed by atoms with van der Waals surface area (Å²) in [5.74, 6) is 5.20. The van der Waals surface area contributed by atoms with Gasteiger partial charge in [-0.15, -0.1) is 0 Å². The van der Waals surface area contributed by atoms with Crippen LogP contribution in [0.2, 0.25) is 0 Å². The minimum Gasteiger partial charge on any atom is -0.385 e. The SMILES string of the molecule is CC[C@H]1CC2C3CCC(C(C)CCOC)C3(C)CC[C@@H]2C2(C)CCCCC12N. The molecule has 4 saturated carbocycles. The second-order valence-electron chi connectivity index (χ2n) is 11.9. The van der Waals surface area contributed by atoms with E-state index >= 15 is 0 Å². The predicted octanol–water partition coefficient (Wildman–Crippen LogP) is 6.43. The average molecular weight is 390 g/mol. The monoisotopic (exact) mass is 389 g/mol. The molecule has 0 aliphatic heterocycles. The van der Waals surface area contributed by atoms with Gasteiger partial charge in [-0.3, -0.25) is 0 Å². The molecule has 28 heavy (non-hydrogen) atoms. The van der Waals surface area contributed by atoms with Crippen molar-refractivity contribution in [3.8, 4) is 0 Å². The lowest BCUT2D eigenvalue weighted by Gasteiger charge is -2.67. The lowest BCUT2D eigenvalue weighted by Crippen LogP contribution is -2.69. The molecule has 0 heterocycles. The Morgan fingerprint density at radius 3 is 2.50 bits per heavy atom. The van der Waals surface area contributed by atoms with Gasteiger partial charge in [-0.05, 0) is 97.7 Å². The van der Waals surface area contributed by atoms with Crippen LogP contribution in [-0.2, 0) is 4.74 Å². The summed E-state index contributed by atoms with van der Waals surface area (Å²) in [6.45, 7) is 11.2. The van der Waals surface area contributed by atoms with E-state index in [0.29, 0.717) is 10.8 Å². The van der Waals surface area contributed by atoms with Crippen LogP contribution in [0.1, 0.15) is 98.3 Å². The largest absolute Gasteiger partial charge is 0.385 e. The molecule has 0 radical (unpaired) electrons. The minimum absolute atomic E-state index is 0.110. The minimum atomic E-state index is 0.110. The van der Waals surface area contributed by atoms with Crippen molar-refractivity contribution < 1.29 is 4.74 Å². The molecule has 2 heteroatoms. The van der Waals surface area contributed by atoms with Gasteiger partial charge >= 0.3 is 0 Å². The molecule has 162 valence electrons. The molecule has 2 nitrogen and oxygen atoms in total. The number of nitrogens with two attached hydrogens (primary N) is 1. The third-order valence-electron chi connectivity index (χ3n) is 11.2. The number of methoxy groups -OCH3 is 1. The molecule has 9 atom stereocenters. The van der Waals surface area contributed by atoms with Crippen LogP contribution in [0.4, 0.5) is 0 Å². The first-order valence-corrected chi connectivity index (χ1v) is 12.6. The lowest BCUT2D eigenvalue weighted by atomic mass is 9.40. The van der Waals surface area contributed by atoms with E-state index < -0.39 is 0 Å². The highest BCUT2D eigenvalue weighted by atomic mass is 16.5. The van der Waals surface area contributed by atoms with E-state index in [0.717, 1.165) is 42.1 Å². The Bertz CT molecular complexity index is 563. The molecule has 4 rings (SSSR count). The molecule has 0 aromatic carbocycles. The van der Waals surface area contributed by atoms with Gasteiger partial charge in [0.25, 0.3) is 0 Å². The van der Waals surface area contributed by atoms with Gasteiger partial charge in [0, 0.05) is 19.3 Å². The van der Waals surface area contributed by atoms with Crippen LogP contribution in [0.3, 0.4) is 0 Å². The molecule has 0 amide bonds. The van der Waals surface area contributed by atoms with Gasteiger partial charge in [-0.2, -0.15) is 0 Å². The lowest BCUT2D eigenvalue weighted by molar-refractivity contribution is -0.150. The van der Waals surface area contributed by atoms with E-state index in [4.69, 9.17) is 10.5 Å². The van der Waals surface area contributed by atoms with Crippen molar-refractivity contribution in [3.63, 3.8) is 0 Å². The molecule has 4 aliphatic carbocycles. The van der Waals surface area contributed by atoms with E-state index in [1.54, 1.807) is 0 Å². The average Bonchev–Trinajstić information content (AvgIpc) is 3.03. The molecule has 0 bridgehead atoms. The maximum absolute atomic E-state index is 7.35. The van der Waals surface area contributed by atoms with Crippen LogP contribution in [0.15, 0.2) is 0 Å². The van der Waals surface area contributed by atoms with Crippen LogP contribution < -0.4 is 5.73 Å². The summed E-state index contributed by atoms with van der Waals surface area (Å²) in [7, 11) is 1.86. The molecule has 2 N–H and O–H groups in total. The highest BCUT2D eigenvalue weighted by Gasteiger charge is 2.65. The van der Waals surface area contributed by atoms with Gasteiger partial charge < -0.3 is 10.5 Å². The number of ether oxygens (including phenoxy) is 1.